The maximum Gasteiger partial charge on any atom is 0.306 e. The van der Waals surface area contributed by atoms with Crippen LogP contribution in [0.1, 0.15) is 194 Å². The van der Waals surface area contributed by atoms with E-state index in [1.807, 2.05) is 0 Å². The molecule has 4 N–H and O–H groups in total. The maximum atomic E-state index is 12.7. The number of hydrogen-bond donors (Lipinski definition) is 4. The first kappa shape index (κ1) is 49.5. The first-order valence-corrected chi connectivity index (χ1v) is 21.8. The lowest BCUT2D eigenvalue weighted by Crippen LogP contribution is -2.59. The van der Waals surface area contributed by atoms with E-state index in [4.69, 9.17) is 18.9 Å². The molecule has 1 fully saturated rings. The minimum absolute atomic E-state index is 0.215. The van der Waals surface area contributed by atoms with E-state index in [1.165, 1.54) is 109 Å². The quantitative estimate of drug-likeness (QED) is 0.0277. The Morgan fingerprint density at radius 2 is 1.00 bits per heavy atom. The molecule has 0 radical (unpaired) electrons. The summed E-state index contributed by atoms with van der Waals surface area (Å²) >= 11 is 0. The number of hydrogen-bond acceptors (Lipinski definition) is 10. The third kappa shape index (κ3) is 26.8. The topological polar surface area (TPSA) is 152 Å². The van der Waals surface area contributed by atoms with Crippen LogP contribution in [0.5, 0.6) is 0 Å². The molecule has 0 bridgehead atoms. The number of aliphatic hydroxyl groups excluding tert-OH is 4. The van der Waals surface area contributed by atoms with Crippen molar-refractivity contribution in [2.24, 2.45) is 0 Å². The second-order valence-corrected chi connectivity index (χ2v) is 15.2. The summed E-state index contributed by atoms with van der Waals surface area (Å²) in [5.41, 5.74) is 0. The third-order valence-corrected chi connectivity index (χ3v) is 10.2. The molecular weight excluding hydrogens is 676 g/mol. The molecule has 53 heavy (non-hydrogen) atoms. The normalized spacial score (nSPS) is 20.9. The fourth-order valence-electron chi connectivity index (χ4n) is 6.65. The molecule has 6 atom stereocenters. The summed E-state index contributed by atoms with van der Waals surface area (Å²) in [7, 11) is 0. The van der Waals surface area contributed by atoms with Crippen LogP contribution in [0.4, 0.5) is 0 Å². The average molecular weight is 757 g/mol. The summed E-state index contributed by atoms with van der Waals surface area (Å²) in [6.07, 6.45) is 27.8. The molecule has 10 nitrogen and oxygen atoms in total. The van der Waals surface area contributed by atoms with Gasteiger partial charge in [-0.1, -0.05) is 154 Å². The molecule has 0 aromatic heterocycles. The van der Waals surface area contributed by atoms with Crippen LogP contribution in [-0.4, -0.2) is 89.0 Å². The van der Waals surface area contributed by atoms with Crippen LogP contribution < -0.4 is 0 Å². The summed E-state index contributed by atoms with van der Waals surface area (Å²) < 4.78 is 22.1. The molecule has 1 rings (SSSR count). The zero-order valence-electron chi connectivity index (χ0n) is 33.8. The van der Waals surface area contributed by atoms with Crippen molar-refractivity contribution in [1.29, 1.82) is 0 Å². The summed E-state index contributed by atoms with van der Waals surface area (Å²) in [5, 5.41) is 40.0. The molecule has 0 aromatic rings. The third-order valence-electron chi connectivity index (χ3n) is 10.2. The van der Waals surface area contributed by atoms with Gasteiger partial charge in [0.15, 0.2) is 12.4 Å². The number of allylic oxidation sites excluding steroid dienone is 2. The van der Waals surface area contributed by atoms with Crippen molar-refractivity contribution in [1.82, 2.24) is 0 Å². The van der Waals surface area contributed by atoms with Crippen molar-refractivity contribution in [2.75, 3.05) is 19.8 Å². The number of ether oxygens (including phenoxy) is 4. The molecule has 0 aliphatic carbocycles. The maximum absolute atomic E-state index is 12.7. The molecule has 0 aromatic carbocycles. The monoisotopic (exact) mass is 757 g/mol. The largest absolute Gasteiger partial charge is 0.462 e. The Morgan fingerprint density at radius 3 is 1.47 bits per heavy atom. The van der Waals surface area contributed by atoms with E-state index in [2.05, 4.69) is 26.0 Å². The summed E-state index contributed by atoms with van der Waals surface area (Å²) in [6, 6.07) is 0. The van der Waals surface area contributed by atoms with Crippen molar-refractivity contribution in [3.63, 3.8) is 0 Å². The van der Waals surface area contributed by atoms with Gasteiger partial charge in [0.2, 0.25) is 0 Å². The first-order chi connectivity index (χ1) is 25.8. The van der Waals surface area contributed by atoms with E-state index >= 15 is 0 Å². The predicted molar refractivity (Wildman–Crippen MR) is 210 cm³/mol. The van der Waals surface area contributed by atoms with Gasteiger partial charge in [-0.2, -0.15) is 0 Å². The van der Waals surface area contributed by atoms with Gasteiger partial charge in [0.25, 0.3) is 0 Å². The Labute approximate surface area is 322 Å². The van der Waals surface area contributed by atoms with Crippen LogP contribution in [0.25, 0.3) is 0 Å². The van der Waals surface area contributed by atoms with E-state index in [9.17, 15) is 30.0 Å². The van der Waals surface area contributed by atoms with Gasteiger partial charge in [0.1, 0.15) is 31.0 Å². The fraction of sp³-hybridized carbons (Fsp3) is 0.907. The van der Waals surface area contributed by atoms with Gasteiger partial charge in [-0.3, -0.25) is 9.59 Å². The molecule has 0 spiro atoms. The molecule has 1 aliphatic rings. The van der Waals surface area contributed by atoms with Crippen LogP contribution in [-0.2, 0) is 28.5 Å². The minimum atomic E-state index is -1.59. The van der Waals surface area contributed by atoms with Gasteiger partial charge in [0.05, 0.1) is 13.2 Å². The Kier molecular flexibility index (Phi) is 32.6. The molecule has 0 amide bonds. The van der Waals surface area contributed by atoms with Crippen molar-refractivity contribution >= 4 is 11.9 Å². The average Bonchev–Trinajstić information content (AvgIpc) is 3.15. The van der Waals surface area contributed by atoms with Crippen LogP contribution in [0.2, 0.25) is 0 Å². The van der Waals surface area contributed by atoms with E-state index in [0.717, 1.165) is 51.4 Å². The number of carbonyl (C=O) groups excluding carboxylic acids is 2. The highest BCUT2D eigenvalue weighted by Crippen LogP contribution is 2.23. The number of unbranched alkanes of at least 4 members (excludes halogenated alkanes) is 23. The van der Waals surface area contributed by atoms with Gasteiger partial charge < -0.3 is 39.4 Å². The lowest BCUT2D eigenvalue weighted by Gasteiger charge is -2.39. The smallest absolute Gasteiger partial charge is 0.306 e. The summed E-state index contributed by atoms with van der Waals surface area (Å²) in [5.74, 6) is -0.808. The number of aliphatic hydroxyl groups is 4. The Hall–Kier alpha value is -1.56. The molecule has 2 unspecified atom stereocenters. The molecule has 312 valence electrons. The van der Waals surface area contributed by atoms with Gasteiger partial charge in [0, 0.05) is 12.8 Å². The van der Waals surface area contributed by atoms with Crippen molar-refractivity contribution in [3.05, 3.63) is 12.2 Å². The second kappa shape index (κ2) is 34.9. The standard InChI is InChI=1S/C43H80O10/c1-3-5-7-9-11-13-15-17-19-21-23-25-27-29-31-38(45)50-34-36(35-51-43-42(49)41(48)40(47)37(33-44)53-43)52-39(46)32-30-28-26-24-22-20-18-16-14-12-10-8-6-4-2/h16,18,36-37,40-44,47-49H,3-15,17,19-35H2,1-2H3/b18-16+/t36-,37-,40+,41?,42?,43-/m0/s1. The summed E-state index contributed by atoms with van der Waals surface area (Å²) in [6.45, 7) is 3.41. The zero-order chi connectivity index (χ0) is 38.8. The fourth-order valence-corrected chi connectivity index (χ4v) is 6.65. The highest BCUT2D eigenvalue weighted by molar-refractivity contribution is 5.70. The number of carbonyl (C=O) groups is 2. The predicted octanol–water partition coefficient (Wildman–Crippen LogP) is 8.78. The van der Waals surface area contributed by atoms with Gasteiger partial charge >= 0.3 is 11.9 Å². The van der Waals surface area contributed by atoms with Crippen molar-refractivity contribution in [2.45, 2.75) is 230 Å². The van der Waals surface area contributed by atoms with Gasteiger partial charge in [-0.05, 0) is 38.5 Å². The lowest BCUT2D eigenvalue weighted by atomic mass is 9.99. The van der Waals surface area contributed by atoms with Crippen molar-refractivity contribution in [3.8, 4) is 0 Å². The second-order valence-electron chi connectivity index (χ2n) is 15.2. The Balaban J connectivity index is 2.35. The molecular formula is C43H80O10. The van der Waals surface area contributed by atoms with Gasteiger partial charge in [-0.25, -0.2) is 0 Å². The highest BCUT2D eigenvalue weighted by Gasteiger charge is 2.44. The molecule has 0 saturated carbocycles. The van der Waals surface area contributed by atoms with E-state index in [-0.39, 0.29) is 32.0 Å². The Morgan fingerprint density at radius 1 is 0.566 bits per heavy atom. The Bertz CT molecular complexity index is 881. The minimum Gasteiger partial charge on any atom is -0.462 e. The van der Waals surface area contributed by atoms with Crippen LogP contribution in [0.3, 0.4) is 0 Å². The van der Waals surface area contributed by atoms with Crippen LogP contribution in [0.15, 0.2) is 12.2 Å². The van der Waals surface area contributed by atoms with E-state index in [0.29, 0.717) is 6.42 Å². The number of esters is 2. The van der Waals surface area contributed by atoms with E-state index < -0.39 is 49.4 Å². The molecule has 1 aliphatic heterocycles. The highest BCUT2D eigenvalue weighted by atomic mass is 16.7. The molecule has 1 saturated heterocycles. The lowest BCUT2D eigenvalue weighted by molar-refractivity contribution is -0.305. The van der Waals surface area contributed by atoms with Gasteiger partial charge in [-0.15, -0.1) is 0 Å². The van der Waals surface area contributed by atoms with Crippen LogP contribution >= 0.6 is 0 Å². The zero-order valence-corrected chi connectivity index (χ0v) is 33.8. The SMILES string of the molecule is CCCCCCC/C=C/CCCCCCCC(=O)O[C@@H](COC(=O)CCCCCCCCCCCCCCCC)CO[C@H]1O[C@@H](CO)[C@@H](O)C(O)C1O. The molecule has 1 heterocycles. The summed E-state index contributed by atoms with van der Waals surface area (Å²) in [4.78, 5) is 25.3. The molecule has 10 heteroatoms. The van der Waals surface area contributed by atoms with Crippen LogP contribution in [0, 0.1) is 0 Å². The number of rotatable bonds is 36. The van der Waals surface area contributed by atoms with Crippen molar-refractivity contribution < 1.29 is 49.0 Å². The van der Waals surface area contributed by atoms with E-state index in [1.54, 1.807) is 0 Å². The first-order valence-electron chi connectivity index (χ1n) is 21.8.